The lowest BCUT2D eigenvalue weighted by atomic mass is 10.0. The maximum absolute atomic E-state index is 12.9. The first-order valence-corrected chi connectivity index (χ1v) is 11.3. The Bertz CT molecular complexity index is 827. The highest BCUT2D eigenvalue weighted by Crippen LogP contribution is 2.30. The monoisotopic (exact) mass is 427 g/mol. The van der Waals surface area contributed by atoms with Gasteiger partial charge in [-0.05, 0) is 43.7 Å². The zero-order valence-electron chi connectivity index (χ0n) is 16.9. The van der Waals surface area contributed by atoms with E-state index in [4.69, 9.17) is 0 Å². The molecule has 1 aromatic carbocycles. The number of benzene rings is 1. The average molecular weight is 428 g/mol. The maximum Gasteiger partial charge on any atom is 0.305 e. The molecule has 1 heterocycles. The van der Waals surface area contributed by atoms with Gasteiger partial charge in [0.05, 0.1) is 16.9 Å². The number of carbonyl (C=O) groups excluding carboxylic acids is 1. The van der Waals surface area contributed by atoms with Crippen molar-refractivity contribution in [3.63, 3.8) is 0 Å². The van der Waals surface area contributed by atoms with Crippen LogP contribution in [0.2, 0.25) is 0 Å². The van der Waals surface area contributed by atoms with Crippen LogP contribution >= 0.6 is 0 Å². The van der Waals surface area contributed by atoms with Crippen LogP contribution in [0.15, 0.2) is 23.1 Å². The van der Waals surface area contributed by atoms with Crippen molar-refractivity contribution >= 4 is 27.4 Å². The quantitative estimate of drug-likeness (QED) is 0.264. The number of carbonyl (C=O) groups is 1. The summed E-state index contributed by atoms with van der Waals surface area (Å²) in [7, 11) is -2.41. The van der Waals surface area contributed by atoms with Crippen LogP contribution in [0.4, 0.5) is 11.4 Å². The summed E-state index contributed by atoms with van der Waals surface area (Å²) in [6.07, 6.45) is 4.29. The van der Waals surface area contributed by atoms with Gasteiger partial charge in [-0.1, -0.05) is 13.3 Å². The number of hydrogen-bond acceptors (Lipinski definition) is 7. The van der Waals surface area contributed by atoms with Gasteiger partial charge < -0.3 is 10.1 Å². The summed E-state index contributed by atoms with van der Waals surface area (Å²) in [4.78, 5) is 21.9. The van der Waals surface area contributed by atoms with Crippen molar-refractivity contribution in [2.75, 3.05) is 32.1 Å². The standard InChI is InChI=1S/C19H29N3O6S/c1-15-7-6-12-21(14-15)29(26,27)16-9-10-17(18(13-16)22(24)25)20-11-5-3-4-8-19(23)28-2/h9-10,13,15,20H,3-8,11-12,14H2,1-2H3. The number of nitro groups is 1. The Kier molecular flexibility index (Phi) is 8.39. The molecule has 0 spiro atoms. The SMILES string of the molecule is COC(=O)CCCCCNc1ccc(S(=O)(=O)N2CCCC(C)C2)cc1[N+](=O)[O-]. The Morgan fingerprint density at radius 1 is 1.34 bits per heavy atom. The highest BCUT2D eigenvalue weighted by molar-refractivity contribution is 7.89. The van der Waals surface area contributed by atoms with Crippen LogP contribution in [-0.2, 0) is 19.6 Å². The van der Waals surface area contributed by atoms with E-state index in [1.54, 1.807) is 0 Å². The summed E-state index contributed by atoms with van der Waals surface area (Å²) in [6.45, 7) is 3.35. The van der Waals surface area contributed by atoms with E-state index in [0.717, 1.165) is 31.7 Å². The van der Waals surface area contributed by atoms with Gasteiger partial charge in [0.1, 0.15) is 5.69 Å². The summed E-state index contributed by atoms with van der Waals surface area (Å²) in [5.41, 5.74) is 0.0274. The molecule has 162 valence electrons. The molecule has 29 heavy (non-hydrogen) atoms. The first kappa shape index (κ1) is 23.1. The lowest BCUT2D eigenvalue weighted by Gasteiger charge is -2.30. The van der Waals surface area contributed by atoms with Gasteiger partial charge in [-0.15, -0.1) is 0 Å². The fourth-order valence-corrected chi connectivity index (χ4v) is 5.00. The van der Waals surface area contributed by atoms with Crippen molar-refractivity contribution in [1.82, 2.24) is 4.31 Å². The number of piperidine rings is 1. The van der Waals surface area contributed by atoms with Crippen LogP contribution in [0.5, 0.6) is 0 Å². The van der Waals surface area contributed by atoms with Crippen molar-refractivity contribution < 1.29 is 22.9 Å². The lowest BCUT2D eigenvalue weighted by Crippen LogP contribution is -2.39. The van der Waals surface area contributed by atoms with E-state index >= 15 is 0 Å². The van der Waals surface area contributed by atoms with E-state index in [0.29, 0.717) is 32.5 Å². The number of hydrogen-bond donors (Lipinski definition) is 1. The largest absolute Gasteiger partial charge is 0.469 e. The summed E-state index contributed by atoms with van der Waals surface area (Å²) in [6, 6.07) is 4.00. The number of nitro benzene ring substituents is 1. The van der Waals surface area contributed by atoms with Crippen LogP contribution in [-0.4, -0.2) is 50.4 Å². The van der Waals surface area contributed by atoms with Crippen molar-refractivity contribution in [1.29, 1.82) is 0 Å². The molecule has 1 aliphatic rings. The minimum atomic E-state index is -3.75. The highest BCUT2D eigenvalue weighted by atomic mass is 32.2. The number of methoxy groups -OCH3 is 1. The summed E-state index contributed by atoms with van der Waals surface area (Å²) in [5, 5.41) is 14.5. The van der Waals surface area contributed by atoms with Crippen molar-refractivity contribution in [2.24, 2.45) is 5.92 Å². The number of ether oxygens (including phenoxy) is 1. The molecular weight excluding hydrogens is 398 g/mol. The van der Waals surface area contributed by atoms with Crippen LogP contribution in [0.25, 0.3) is 0 Å². The number of nitrogens with zero attached hydrogens (tertiary/aromatic N) is 2. The molecule has 1 aliphatic heterocycles. The molecule has 2 rings (SSSR count). The topological polar surface area (TPSA) is 119 Å². The van der Waals surface area contributed by atoms with Crippen molar-refractivity contribution in [3.05, 3.63) is 28.3 Å². The average Bonchev–Trinajstić information content (AvgIpc) is 2.70. The van der Waals surface area contributed by atoms with Gasteiger partial charge in [0.15, 0.2) is 0 Å². The molecule has 1 atom stereocenters. The van der Waals surface area contributed by atoms with Crippen LogP contribution < -0.4 is 5.32 Å². The Balaban J connectivity index is 2.03. The molecule has 0 bridgehead atoms. The molecule has 0 saturated carbocycles. The van der Waals surface area contributed by atoms with Crippen LogP contribution in [0.1, 0.15) is 45.4 Å². The number of unbranched alkanes of at least 4 members (excludes halogenated alkanes) is 2. The minimum absolute atomic E-state index is 0.0538. The second-order valence-corrected chi connectivity index (χ2v) is 9.30. The fraction of sp³-hybridized carbons (Fsp3) is 0.632. The molecule has 1 N–H and O–H groups in total. The molecule has 1 saturated heterocycles. The predicted molar refractivity (Wildman–Crippen MR) is 109 cm³/mol. The maximum atomic E-state index is 12.9. The molecular formula is C19H29N3O6S. The minimum Gasteiger partial charge on any atom is -0.469 e. The van der Waals surface area contributed by atoms with E-state index in [2.05, 4.69) is 10.1 Å². The number of anilines is 1. The number of sulfonamides is 1. The molecule has 0 aliphatic carbocycles. The van der Waals surface area contributed by atoms with Gasteiger partial charge in [-0.2, -0.15) is 4.31 Å². The Labute approximate surface area is 171 Å². The van der Waals surface area contributed by atoms with E-state index in [1.807, 2.05) is 6.92 Å². The number of nitrogens with one attached hydrogen (secondary N) is 1. The van der Waals surface area contributed by atoms with Gasteiger partial charge in [-0.25, -0.2) is 8.42 Å². The van der Waals surface area contributed by atoms with E-state index in [1.165, 1.54) is 23.5 Å². The highest BCUT2D eigenvalue weighted by Gasteiger charge is 2.30. The molecule has 10 heteroatoms. The molecule has 0 amide bonds. The second-order valence-electron chi connectivity index (χ2n) is 7.36. The van der Waals surface area contributed by atoms with Crippen molar-refractivity contribution in [3.8, 4) is 0 Å². The Morgan fingerprint density at radius 2 is 2.10 bits per heavy atom. The zero-order valence-corrected chi connectivity index (χ0v) is 17.7. The van der Waals surface area contributed by atoms with E-state index in [9.17, 15) is 23.3 Å². The van der Waals surface area contributed by atoms with E-state index in [-0.39, 0.29) is 28.2 Å². The summed E-state index contributed by atoms with van der Waals surface area (Å²) in [5.74, 6) is 0.0159. The molecule has 0 radical (unpaired) electrons. The molecule has 0 aromatic heterocycles. The van der Waals surface area contributed by atoms with Gasteiger partial charge in [0, 0.05) is 32.1 Å². The lowest BCUT2D eigenvalue weighted by molar-refractivity contribution is -0.384. The van der Waals surface area contributed by atoms with Crippen LogP contribution in [0, 0.1) is 16.0 Å². The normalized spacial score (nSPS) is 17.7. The third-order valence-corrected chi connectivity index (χ3v) is 6.89. The van der Waals surface area contributed by atoms with Crippen molar-refractivity contribution in [2.45, 2.75) is 50.3 Å². The van der Waals surface area contributed by atoms with E-state index < -0.39 is 14.9 Å². The number of esters is 1. The molecule has 1 fully saturated rings. The van der Waals surface area contributed by atoms with Gasteiger partial charge in [0.25, 0.3) is 5.69 Å². The first-order chi connectivity index (χ1) is 13.8. The van der Waals surface area contributed by atoms with Gasteiger partial charge in [0.2, 0.25) is 10.0 Å². The first-order valence-electron chi connectivity index (χ1n) is 9.85. The predicted octanol–water partition coefficient (Wildman–Crippen LogP) is 3.16. The zero-order chi connectivity index (χ0) is 21.4. The molecule has 9 nitrogen and oxygen atoms in total. The third-order valence-electron chi connectivity index (χ3n) is 5.02. The summed E-state index contributed by atoms with van der Waals surface area (Å²) < 4.78 is 31.7. The van der Waals surface area contributed by atoms with Crippen LogP contribution in [0.3, 0.4) is 0 Å². The second kappa shape index (κ2) is 10.5. The Hall–Kier alpha value is -2.20. The summed E-state index contributed by atoms with van der Waals surface area (Å²) >= 11 is 0. The smallest absolute Gasteiger partial charge is 0.305 e. The van der Waals surface area contributed by atoms with Gasteiger partial charge in [-0.3, -0.25) is 14.9 Å². The Morgan fingerprint density at radius 3 is 2.76 bits per heavy atom. The third kappa shape index (κ3) is 6.40. The number of rotatable bonds is 10. The fourth-order valence-electron chi connectivity index (χ4n) is 3.38. The molecule has 1 aromatic rings. The van der Waals surface area contributed by atoms with Gasteiger partial charge >= 0.3 is 5.97 Å². The molecule has 1 unspecified atom stereocenters.